The molecule has 0 saturated carbocycles. The zero-order valence-corrected chi connectivity index (χ0v) is 17.6. The highest BCUT2D eigenvalue weighted by atomic mass is 35.5. The molecule has 166 valence electrons. The molecule has 0 aliphatic rings. The third-order valence-electron chi connectivity index (χ3n) is 4.36. The van der Waals surface area contributed by atoms with Crippen LogP contribution in [0.3, 0.4) is 0 Å². The molecular weight excluding hydrogens is 457 g/mol. The number of aromatic nitrogens is 1. The van der Waals surface area contributed by atoms with Crippen molar-refractivity contribution >= 4 is 36.4 Å². The minimum atomic E-state index is -1.36. The number of halogens is 6. The summed E-state index contributed by atoms with van der Waals surface area (Å²) in [5.41, 5.74) is 4.21. The number of nitrogens with one attached hydrogen (secondary N) is 1. The first-order valence-electron chi connectivity index (χ1n) is 8.80. The van der Waals surface area contributed by atoms with Crippen molar-refractivity contribution in [3.8, 4) is 11.1 Å². The number of carbonyl (C=O) groups is 1. The van der Waals surface area contributed by atoms with E-state index >= 15 is 0 Å². The number of amides is 1. The highest BCUT2D eigenvalue weighted by Crippen LogP contribution is 2.32. The fourth-order valence-corrected chi connectivity index (χ4v) is 2.93. The average Bonchev–Trinajstić information content (AvgIpc) is 2.69. The van der Waals surface area contributed by atoms with Crippen molar-refractivity contribution < 1.29 is 22.4 Å². The predicted molar refractivity (Wildman–Crippen MR) is 116 cm³/mol. The first-order chi connectivity index (χ1) is 13.9. The number of pyridine rings is 1. The molecule has 1 amide bonds. The van der Waals surface area contributed by atoms with E-state index in [4.69, 9.17) is 5.73 Å². The Bertz CT molecular complexity index is 1050. The zero-order chi connectivity index (χ0) is 21.0. The van der Waals surface area contributed by atoms with Crippen LogP contribution >= 0.6 is 24.8 Å². The van der Waals surface area contributed by atoms with E-state index in [9.17, 15) is 22.4 Å². The van der Waals surface area contributed by atoms with Gasteiger partial charge < -0.3 is 11.1 Å². The van der Waals surface area contributed by atoms with E-state index in [1.54, 1.807) is 12.3 Å². The van der Waals surface area contributed by atoms with Gasteiger partial charge in [0.05, 0.1) is 28.6 Å². The quantitative estimate of drug-likeness (QED) is 0.475. The number of hydrogen-bond acceptors (Lipinski definition) is 3. The van der Waals surface area contributed by atoms with Crippen molar-refractivity contribution in [3.63, 3.8) is 0 Å². The lowest BCUT2D eigenvalue weighted by atomic mass is 9.99. The largest absolute Gasteiger partial charge is 0.330 e. The Morgan fingerprint density at radius 3 is 2.23 bits per heavy atom. The van der Waals surface area contributed by atoms with Gasteiger partial charge >= 0.3 is 0 Å². The van der Waals surface area contributed by atoms with Crippen LogP contribution in [0.25, 0.3) is 11.1 Å². The third-order valence-corrected chi connectivity index (χ3v) is 4.36. The van der Waals surface area contributed by atoms with Gasteiger partial charge in [0, 0.05) is 6.20 Å². The SMILES string of the molecule is Cl.Cl.NCCCc1ccncc1NC(=O)c1ccc(F)c(-c2c(F)cccc2F)c1F. The second-order valence-corrected chi connectivity index (χ2v) is 6.26. The van der Waals surface area contributed by atoms with Gasteiger partial charge in [0.25, 0.3) is 5.91 Å². The van der Waals surface area contributed by atoms with E-state index in [0.29, 0.717) is 25.1 Å². The first kappa shape index (κ1) is 26.4. The minimum Gasteiger partial charge on any atom is -0.330 e. The second-order valence-electron chi connectivity index (χ2n) is 6.26. The molecule has 0 aliphatic carbocycles. The monoisotopic (exact) mass is 475 g/mol. The van der Waals surface area contributed by atoms with E-state index in [-0.39, 0.29) is 24.8 Å². The summed E-state index contributed by atoms with van der Waals surface area (Å²) in [6.45, 7) is 0.444. The van der Waals surface area contributed by atoms with Gasteiger partial charge in [-0.2, -0.15) is 0 Å². The Morgan fingerprint density at radius 1 is 0.935 bits per heavy atom. The molecule has 3 rings (SSSR count). The summed E-state index contributed by atoms with van der Waals surface area (Å²) in [5, 5.41) is 2.51. The smallest absolute Gasteiger partial charge is 0.258 e. The summed E-state index contributed by atoms with van der Waals surface area (Å²) < 4.78 is 57.3. The number of aryl methyl sites for hydroxylation is 1. The second kappa shape index (κ2) is 11.6. The van der Waals surface area contributed by atoms with Crippen LogP contribution in [0.15, 0.2) is 48.8 Å². The fraction of sp³-hybridized carbons (Fsp3) is 0.143. The van der Waals surface area contributed by atoms with Gasteiger partial charge in [0.15, 0.2) is 0 Å². The Labute approximate surface area is 188 Å². The fourth-order valence-electron chi connectivity index (χ4n) is 2.93. The standard InChI is InChI=1S/C21H17F4N3O.2ClH/c22-14-4-1-5-15(23)18(14)19-16(24)7-6-13(20(19)25)21(29)28-17-11-27-10-8-12(17)3-2-9-26;;/h1,4-8,10-11H,2-3,9,26H2,(H,28,29);2*1H. The van der Waals surface area contributed by atoms with Crippen LogP contribution in [0.5, 0.6) is 0 Å². The third kappa shape index (κ3) is 5.72. The molecule has 0 saturated heterocycles. The van der Waals surface area contributed by atoms with Gasteiger partial charge in [-0.25, -0.2) is 17.6 Å². The van der Waals surface area contributed by atoms with Gasteiger partial charge in [0.2, 0.25) is 0 Å². The Hall–Kier alpha value is -2.68. The van der Waals surface area contributed by atoms with E-state index in [1.807, 2.05) is 0 Å². The van der Waals surface area contributed by atoms with Gasteiger partial charge in [-0.1, -0.05) is 6.07 Å². The number of carbonyl (C=O) groups excluding carboxylic acids is 1. The molecule has 3 aromatic rings. The Balaban J connectivity index is 0.00000240. The summed E-state index contributed by atoms with van der Waals surface area (Å²) in [7, 11) is 0. The molecule has 1 aromatic heterocycles. The zero-order valence-electron chi connectivity index (χ0n) is 16.0. The number of rotatable bonds is 6. The molecule has 0 unspecified atom stereocenters. The summed E-state index contributed by atoms with van der Waals surface area (Å²) in [4.78, 5) is 16.5. The van der Waals surface area contributed by atoms with E-state index in [0.717, 1.165) is 35.9 Å². The van der Waals surface area contributed by atoms with Crippen LogP contribution in [0.2, 0.25) is 0 Å². The highest BCUT2D eigenvalue weighted by molar-refractivity contribution is 6.05. The van der Waals surface area contributed by atoms with Crippen LogP contribution < -0.4 is 11.1 Å². The van der Waals surface area contributed by atoms with Gasteiger partial charge in [-0.05, 0) is 55.3 Å². The number of hydrogen-bond donors (Lipinski definition) is 2. The summed E-state index contributed by atoms with van der Waals surface area (Å²) in [6, 6.07) is 6.22. The van der Waals surface area contributed by atoms with Crippen molar-refractivity contribution in [2.75, 3.05) is 11.9 Å². The molecule has 0 atom stereocenters. The normalized spacial score (nSPS) is 10.1. The van der Waals surface area contributed by atoms with Crippen molar-refractivity contribution in [1.82, 2.24) is 4.98 Å². The van der Waals surface area contributed by atoms with Crippen LogP contribution in [-0.4, -0.2) is 17.4 Å². The molecule has 31 heavy (non-hydrogen) atoms. The lowest BCUT2D eigenvalue weighted by Crippen LogP contribution is -2.16. The minimum absolute atomic E-state index is 0. The molecule has 0 spiro atoms. The molecule has 10 heteroatoms. The van der Waals surface area contributed by atoms with Crippen LogP contribution in [0.4, 0.5) is 23.2 Å². The maximum atomic E-state index is 15.0. The van der Waals surface area contributed by atoms with Crippen LogP contribution in [0, 0.1) is 23.3 Å². The Kier molecular flexibility index (Phi) is 9.90. The maximum Gasteiger partial charge on any atom is 0.258 e. The van der Waals surface area contributed by atoms with Gasteiger partial charge in [-0.3, -0.25) is 9.78 Å². The molecule has 0 fully saturated rings. The topological polar surface area (TPSA) is 68.0 Å². The summed E-state index contributed by atoms with van der Waals surface area (Å²) >= 11 is 0. The van der Waals surface area contributed by atoms with E-state index in [2.05, 4.69) is 10.3 Å². The van der Waals surface area contributed by atoms with Crippen molar-refractivity contribution in [2.45, 2.75) is 12.8 Å². The number of nitrogens with zero attached hydrogens (tertiary/aromatic N) is 1. The van der Waals surface area contributed by atoms with Crippen molar-refractivity contribution in [3.05, 3.63) is 83.2 Å². The number of anilines is 1. The Morgan fingerprint density at radius 2 is 1.58 bits per heavy atom. The molecule has 0 aliphatic heterocycles. The average molecular weight is 476 g/mol. The van der Waals surface area contributed by atoms with Crippen LogP contribution in [-0.2, 0) is 6.42 Å². The van der Waals surface area contributed by atoms with Crippen LogP contribution in [0.1, 0.15) is 22.3 Å². The maximum absolute atomic E-state index is 15.0. The van der Waals surface area contributed by atoms with Gasteiger partial charge in [0.1, 0.15) is 23.3 Å². The first-order valence-corrected chi connectivity index (χ1v) is 8.80. The molecule has 1 heterocycles. The summed E-state index contributed by atoms with van der Waals surface area (Å²) in [5.74, 6) is -5.73. The number of benzene rings is 2. The highest BCUT2D eigenvalue weighted by Gasteiger charge is 2.24. The lowest BCUT2D eigenvalue weighted by molar-refractivity contribution is 0.102. The predicted octanol–water partition coefficient (Wildman–Crippen LogP) is 5.29. The van der Waals surface area contributed by atoms with Gasteiger partial charge in [-0.15, -0.1) is 24.8 Å². The molecule has 0 bridgehead atoms. The molecule has 3 N–H and O–H groups in total. The molecular formula is C21H19Cl2F4N3O. The van der Waals surface area contributed by atoms with Crippen molar-refractivity contribution in [1.29, 1.82) is 0 Å². The van der Waals surface area contributed by atoms with Crippen molar-refractivity contribution in [2.24, 2.45) is 5.73 Å². The number of nitrogens with two attached hydrogens (primary N) is 1. The summed E-state index contributed by atoms with van der Waals surface area (Å²) in [6.07, 6.45) is 4.16. The van der Waals surface area contributed by atoms with E-state index < -0.39 is 45.9 Å². The molecule has 0 radical (unpaired) electrons. The lowest BCUT2D eigenvalue weighted by Gasteiger charge is -2.13. The van der Waals surface area contributed by atoms with E-state index in [1.165, 1.54) is 6.20 Å². The molecule has 2 aromatic carbocycles. The molecule has 4 nitrogen and oxygen atoms in total.